The third kappa shape index (κ3) is 8.29. The van der Waals surface area contributed by atoms with Crippen molar-refractivity contribution in [3.05, 3.63) is 89.2 Å². The van der Waals surface area contributed by atoms with E-state index in [2.05, 4.69) is 10.3 Å². The molecule has 204 valence electrons. The summed E-state index contributed by atoms with van der Waals surface area (Å²) in [5, 5.41) is 12.3. The molecular weight excluding hydrogens is 512 g/mol. The summed E-state index contributed by atoms with van der Waals surface area (Å²) < 4.78 is 5.72. The number of nitrogens with zero attached hydrogens (tertiary/aromatic N) is 1. The minimum absolute atomic E-state index is 0.302. The van der Waals surface area contributed by atoms with Crippen LogP contribution in [0, 0.1) is 6.92 Å². The summed E-state index contributed by atoms with van der Waals surface area (Å²) >= 11 is 1.52. The summed E-state index contributed by atoms with van der Waals surface area (Å²) in [6, 6.07) is 15.3. The highest BCUT2D eigenvalue weighted by Gasteiger charge is 2.25. The van der Waals surface area contributed by atoms with Crippen LogP contribution in [0.15, 0.2) is 67.0 Å². The lowest BCUT2D eigenvalue weighted by atomic mass is 9.91. The molecule has 3 aromatic rings. The van der Waals surface area contributed by atoms with Crippen LogP contribution in [0.3, 0.4) is 0 Å². The van der Waals surface area contributed by atoms with E-state index in [1.165, 1.54) is 11.8 Å². The second kappa shape index (κ2) is 13.2. The van der Waals surface area contributed by atoms with Gasteiger partial charge in [-0.1, -0.05) is 36.4 Å². The lowest BCUT2D eigenvalue weighted by Crippen LogP contribution is -2.41. The number of rotatable bonds is 10. The van der Waals surface area contributed by atoms with Gasteiger partial charge in [0.1, 0.15) is 11.6 Å². The largest absolute Gasteiger partial charge is 0.480 e. The number of benzene rings is 2. The monoisotopic (exact) mass is 546 g/mol. The molecule has 1 atom stereocenters. The van der Waals surface area contributed by atoms with Gasteiger partial charge in [0.25, 0.3) is 5.91 Å². The number of hydrogen-bond acceptors (Lipinski definition) is 6. The number of amides is 1. The number of nitrogens with one attached hydrogen (secondary N) is 1. The smallest absolute Gasteiger partial charge is 0.339 e. The van der Waals surface area contributed by atoms with E-state index >= 15 is 0 Å². The van der Waals surface area contributed by atoms with E-state index in [1.807, 2.05) is 43.5 Å². The number of hydrogen-bond donors (Lipinski definition) is 2. The summed E-state index contributed by atoms with van der Waals surface area (Å²) in [4.78, 5) is 42.7. The van der Waals surface area contributed by atoms with Crippen LogP contribution in [0.5, 0.6) is 0 Å². The molecule has 0 aliphatic heterocycles. The maximum Gasteiger partial charge on any atom is 0.339 e. The first-order chi connectivity index (χ1) is 18.5. The van der Waals surface area contributed by atoms with Crippen LogP contribution in [-0.2, 0) is 14.3 Å². The summed E-state index contributed by atoms with van der Waals surface area (Å²) in [5.74, 6) is -1.50. The fraction of sp³-hybridized carbons (Fsp3) is 0.290. The number of carbonyl (C=O) groups excluding carboxylic acids is 2. The third-order valence-corrected chi connectivity index (χ3v) is 6.48. The first-order valence-electron chi connectivity index (χ1n) is 12.6. The molecule has 0 unspecified atom stereocenters. The third-order valence-electron chi connectivity index (χ3n) is 5.84. The van der Waals surface area contributed by atoms with Gasteiger partial charge in [-0.3, -0.25) is 9.78 Å². The van der Waals surface area contributed by atoms with Gasteiger partial charge in [-0.25, -0.2) is 9.59 Å². The maximum atomic E-state index is 13.4. The Hall–Kier alpha value is -3.91. The van der Waals surface area contributed by atoms with Crippen LogP contribution in [0.4, 0.5) is 0 Å². The Bertz CT molecular complexity index is 1360. The molecule has 2 aromatic carbocycles. The van der Waals surface area contributed by atoms with Gasteiger partial charge in [-0.05, 0) is 98.2 Å². The SMILES string of the molecule is CSCC[C@H](NC(=O)c1ccc(/C(=C/c2cccnc2)C(=O)OC(C)(C)C)cc1-c1ccccc1C)C(=O)O. The number of carboxylic acids is 1. The average Bonchev–Trinajstić information content (AvgIpc) is 2.89. The van der Waals surface area contributed by atoms with Crippen LogP contribution in [0.1, 0.15) is 54.2 Å². The number of aliphatic carboxylic acids is 1. The number of pyridine rings is 1. The van der Waals surface area contributed by atoms with Gasteiger partial charge >= 0.3 is 11.9 Å². The Morgan fingerprint density at radius 3 is 2.44 bits per heavy atom. The van der Waals surface area contributed by atoms with Gasteiger partial charge in [0.15, 0.2) is 0 Å². The number of ether oxygens (including phenoxy) is 1. The molecule has 0 saturated heterocycles. The van der Waals surface area contributed by atoms with Gasteiger partial charge < -0.3 is 15.2 Å². The van der Waals surface area contributed by atoms with E-state index in [0.29, 0.717) is 34.4 Å². The molecule has 0 fully saturated rings. The van der Waals surface area contributed by atoms with Gasteiger partial charge in [0.2, 0.25) is 0 Å². The Labute approximate surface area is 233 Å². The molecule has 0 saturated carbocycles. The molecule has 1 aromatic heterocycles. The average molecular weight is 547 g/mol. The fourth-order valence-corrected chi connectivity index (χ4v) is 4.43. The lowest BCUT2D eigenvalue weighted by Gasteiger charge is -2.22. The summed E-state index contributed by atoms with van der Waals surface area (Å²) in [6.45, 7) is 7.33. The van der Waals surface area contributed by atoms with Gasteiger partial charge in [-0.2, -0.15) is 11.8 Å². The van der Waals surface area contributed by atoms with Crippen molar-refractivity contribution in [2.24, 2.45) is 0 Å². The molecule has 1 heterocycles. The summed E-state index contributed by atoms with van der Waals surface area (Å²) in [7, 11) is 0. The normalized spacial score (nSPS) is 12.5. The number of carbonyl (C=O) groups is 3. The molecule has 2 N–H and O–H groups in total. The molecule has 8 heteroatoms. The van der Waals surface area contributed by atoms with Crippen molar-refractivity contribution in [3.8, 4) is 11.1 Å². The first kappa shape index (κ1) is 29.6. The molecule has 39 heavy (non-hydrogen) atoms. The van der Waals surface area contributed by atoms with Crippen molar-refractivity contribution in [2.75, 3.05) is 12.0 Å². The quantitative estimate of drug-likeness (QED) is 0.242. The summed E-state index contributed by atoms with van der Waals surface area (Å²) in [6.07, 6.45) is 7.20. The van der Waals surface area contributed by atoms with E-state index in [-0.39, 0.29) is 0 Å². The first-order valence-corrected chi connectivity index (χ1v) is 14.0. The Morgan fingerprint density at radius 1 is 1.08 bits per heavy atom. The maximum absolute atomic E-state index is 13.4. The van der Waals surface area contributed by atoms with Crippen LogP contribution in [-0.4, -0.2) is 51.6 Å². The van der Waals surface area contributed by atoms with Crippen molar-refractivity contribution < 1.29 is 24.2 Å². The Balaban J connectivity index is 2.16. The second-order valence-corrected chi connectivity index (χ2v) is 11.1. The zero-order valence-electron chi connectivity index (χ0n) is 22.9. The zero-order valence-corrected chi connectivity index (χ0v) is 23.7. The second-order valence-electron chi connectivity index (χ2n) is 10.1. The van der Waals surface area contributed by atoms with E-state index in [4.69, 9.17) is 4.74 Å². The zero-order chi connectivity index (χ0) is 28.6. The fourth-order valence-electron chi connectivity index (χ4n) is 3.96. The Kier molecular flexibility index (Phi) is 10.1. The predicted octanol–water partition coefficient (Wildman–Crippen LogP) is 5.88. The van der Waals surface area contributed by atoms with Gasteiger partial charge in [-0.15, -0.1) is 0 Å². The molecule has 1 amide bonds. The minimum atomic E-state index is -1.09. The highest BCUT2D eigenvalue weighted by Crippen LogP contribution is 2.32. The number of aryl methyl sites for hydroxylation is 1. The van der Waals surface area contributed by atoms with Crippen molar-refractivity contribution in [1.82, 2.24) is 10.3 Å². The van der Waals surface area contributed by atoms with Crippen molar-refractivity contribution in [3.63, 3.8) is 0 Å². The summed E-state index contributed by atoms with van der Waals surface area (Å²) in [5.41, 5.74) is 3.48. The number of carboxylic acid groups (broad SMARTS) is 1. The number of aromatic nitrogens is 1. The van der Waals surface area contributed by atoms with E-state index in [9.17, 15) is 19.5 Å². The lowest BCUT2D eigenvalue weighted by molar-refractivity contribution is -0.147. The number of esters is 1. The molecule has 0 bridgehead atoms. The molecular formula is C31H34N2O5S. The molecule has 0 aliphatic rings. The van der Waals surface area contributed by atoms with Crippen LogP contribution in [0.2, 0.25) is 0 Å². The van der Waals surface area contributed by atoms with E-state index < -0.39 is 29.5 Å². The molecule has 0 spiro atoms. The standard InChI is InChI=1S/C31H34N2O5S/c1-20-9-6-7-11-23(20)26-18-22(12-13-24(26)28(34)33-27(29(35)36)14-16-39-5)25(30(37)38-31(2,3)4)17-21-10-8-15-32-19-21/h6-13,15,17-19,27H,14,16H2,1-5H3,(H,33,34)(H,35,36)/b25-17-/t27-/m0/s1. The van der Waals surface area contributed by atoms with Crippen LogP contribution >= 0.6 is 11.8 Å². The molecule has 0 aliphatic carbocycles. The topological polar surface area (TPSA) is 106 Å². The van der Waals surface area contributed by atoms with E-state index in [1.54, 1.807) is 63.5 Å². The van der Waals surface area contributed by atoms with Crippen LogP contribution < -0.4 is 5.32 Å². The van der Waals surface area contributed by atoms with Crippen molar-refractivity contribution in [1.29, 1.82) is 0 Å². The van der Waals surface area contributed by atoms with E-state index in [0.717, 1.165) is 16.7 Å². The van der Waals surface area contributed by atoms with Gasteiger partial charge in [0, 0.05) is 18.0 Å². The number of thioether (sulfide) groups is 1. The minimum Gasteiger partial charge on any atom is -0.480 e. The van der Waals surface area contributed by atoms with Gasteiger partial charge in [0.05, 0.1) is 5.57 Å². The van der Waals surface area contributed by atoms with Crippen molar-refractivity contribution >= 4 is 41.3 Å². The highest BCUT2D eigenvalue weighted by atomic mass is 32.2. The van der Waals surface area contributed by atoms with Crippen molar-refractivity contribution in [2.45, 2.75) is 45.8 Å². The molecule has 3 rings (SSSR count). The Morgan fingerprint density at radius 2 is 1.82 bits per heavy atom. The van der Waals surface area contributed by atoms with Crippen LogP contribution in [0.25, 0.3) is 22.8 Å². The highest BCUT2D eigenvalue weighted by molar-refractivity contribution is 7.98. The molecule has 0 radical (unpaired) electrons. The molecule has 7 nitrogen and oxygen atoms in total. The predicted molar refractivity (Wildman–Crippen MR) is 156 cm³/mol.